The summed E-state index contributed by atoms with van der Waals surface area (Å²) in [7, 11) is 0. The summed E-state index contributed by atoms with van der Waals surface area (Å²) in [5.41, 5.74) is 0.0255. The van der Waals surface area contributed by atoms with Gasteiger partial charge in [-0.3, -0.25) is 9.59 Å². The second-order valence-corrected chi connectivity index (χ2v) is 5.73. The van der Waals surface area contributed by atoms with Crippen molar-refractivity contribution in [1.82, 2.24) is 4.90 Å². The number of carbonyl (C=O) groups excluding carboxylic acids is 2. The second-order valence-electron chi connectivity index (χ2n) is 5.73. The van der Waals surface area contributed by atoms with Crippen LogP contribution in [0.1, 0.15) is 27.1 Å². The molecule has 124 valence electrons. The van der Waals surface area contributed by atoms with Crippen LogP contribution in [0.2, 0.25) is 0 Å². The quantitative estimate of drug-likeness (QED) is 0.807. The van der Waals surface area contributed by atoms with Gasteiger partial charge in [-0.15, -0.1) is 0 Å². The number of carbonyl (C=O) groups is 2. The lowest BCUT2D eigenvalue weighted by molar-refractivity contribution is 0.0775. The molecule has 0 aromatic heterocycles. The van der Waals surface area contributed by atoms with Crippen molar-refractivity contribution in [3.63, 3.8) is 0 Å². The Bertz CT molecular complexity index is 789. The van der Waals surface area contributed by atoms with Crippen molar-refractivity contribution in [3.8, 4) is 0 Å². The van der Waals surface area contributed by atoms with E-state index in [-0.39, 0.29) is 24.4 Å². The van der Waals surface area contributed by atoms with E-state index in [1.807, 2.05) is 0 Å². The van der Waals surface area contributed by atoms with Gasteiger partial charge < -0.3 is 4.90 Å². The number of likely N-dealkylation sites (tertiary alicyclic amines) is 1. The van der Waals surface area contributed by atoms with Gasteiger partial charge >= 0.3 is 0 Å². The van der Waals surface area contributed by atoms with E-state index >= 15 is 0 Å². The molecule has 0 radical (unpaired) electrons. The Morgan fingerprint density at radius 3 is 2.33 bits per heavy atom. The third-order valence-corrected chi connectivity index (χ3v) is 4.13. The van der Waals surface area contributed by atoms with E-state index < -0.39 is 29.3 Å². The van der Waals surface area contributed by atoms with E-state index in [0.717, 1.165) is 18.2 Å². The highest BCUT2D eigenvalue weighted by molar-refractivity contribution is 5.99. The van der Waals surface area contributed by atoms with E-state index in [0.29, 0.717) is 12.0 Å². The Morgan fingerprint density at radius 2 is 1.62 bits per heavy atom. The summed E-state index contributed by atoms with van der Waals surface area (Å²) in [5.74, 6) is -3.19. The monoisotopic (exact) mass is 333 g/mol. The van der Waals surface area contributed by atoms with Crippen LogP contribution in [0.15, 0.2) is 42.5 Å². The predicted molar refractivity (Wildman–Crippen MR) is 81.1 cm³/mol. The molecular formula is C18H14F3NO2. The predicted octanol–water partition coefficient (Wildman–Crippen LogP) is 3.45. The first-order valence-corrected chi connectivity index (χ1v) is 7.50. The molecule has 1 aliphatic rings. The summed E-state index contributed by atoms with van der Waals surface area (Å²) in [5, 5.41) is 0. The van der Waals surface area contributed by atoms with Gasteiger partial charge in [-0.1, -0.05) is 0 Å². The van der Waals surface area contributed by atoms with Gasteiger partial charge in [-0.05, 0) is 48.9 Å². The zero-order chi connectivity index (χ0) is 17.3. The van der Waals surface area contributed by atoms with E-state index in [1.165, 1.54) is 29.2 Å². The molecule has 0 bridgehead atoms. The van der Waals surface area contributed by atoms with E-state index in [4.69, 9.17) is 0 Å². The topological polar surface area (TPSA) is 37.4 Å². The molecule has 1 amide bonds. The average Bonchev–Trinajstić information content (AvgIpc) is 3.06. The van der Waals surface area contributed by atoms with Crippen LogP contribution in [0.5, 0.6) is 0 Å². The molecule has 3 nitrogen and oxygen atoms in total. The van der Waals surface area contributed by atoms with Crippen molar-refractivity contribution in [2.75, 3.05) is 13.1 Å². The number of hydrogen-bond acceptors (Lipinski definition) is 2. The molecule has 3 rings (SSSR count). The van der Waals surface area contributed by atoms with E-state index in [9.17, 15) is 22.8 Å². The van der Waals surface area contributed by atoms with E-state index in [2.05, 4.69) is 0 Å². The minimum absolute atomic E-state index is 0.130. The van der Waals surface area contributed by atoms with Crippen LogP contribution in [0.25, 0.3) is 0 Å². The van der Waals surface area contributed by atoms with Gasteiger partial charge in [0, 0.05) is 24.6 Å². The van der Waals surface area contributed by atoms with Gasteiger partial charge in [0.2, 0.25) is 0 Å². The highest BCUT2D eigenvalue weighted by Gasteiger charge is 2.32. The van der Waals surface area contributed by atoms with Crippen molar-refractivity contribution >= 4 is 11.7 Å². The maximum absolute atomic E-state index is 13.7. The SMILES string of the molecule is O=C(c1ccc(F)cc1)C1CCN(C(=O)c2cc(F)ccc2F)C1. The molecule has 6 heteroatoms. The molecule has 0 saturated carbocycles. The largest absolute Gasteiger partial charge is 0.338 e. The maximum Gasteiger partial charge on any atom is 0.256 e. The van der Waals surface area contributed by atoms with Crippen molar-refractivity contribution in [3.05, 3.63) is 71.0 Å². The van der Waals surface area contributed by atoms with Crippen molar-refractivity contribution in [2.45, 2.75) is 6.42 Å². The van der Waals surface area contributed by atoms with Gasteiger partial charge in [-0.25, -0.2) is 13.2 Å². The molecule has 1 atom stereocenters. The molecule has 0 N–H and O–H groups in total. The molecule has 1 unspecified atom stereocenters. The number of halogens is 3. The number of Topliss-reactive ketones (excluding diaryl/α,β-unsaturated/α-hetero) is 1. The number of hydrogen-bond donors (Lipinski definition) is 0. The van der Waals surface area contributed by atoms with Crippen LogP contribution in [0.4, 0.5) is 13.2 Å². The Kier molecular flexibility index (Phi) is 4.38. The average molecular weight is 333 g/mol. The molecule has 1 aliphatic heterocycles. The van der Waals surface area contributed by atoms with Crippen LogP contribution in [0, 0.1) is 23.4 Å². The lowest BCUT2D eigenvalue weighted by Crippen LogP contribution is -2.30. The second kappa shape index (κ2) is 6.47. The molecule has 2 aromatic rings. The smallest absolute Gasteiger partial charge is 0.256 e. The van der Waals surface area contributed by atoms with Crippen molar-refractivity contribution in [2.24, 2.45) is 5.92 Å². The number of nitrogens with zero attached hydrogens (tertiary/aromatic N) is 1. The summed E-state index contributed by atoms with van der Waals surface area (Å²) >= 11 is 0. The highest BCUT2D eigenvalue weighted by Crippen LogP contribution is 2.24. The van der Waals surface area contributed by atoms with Gasteiger partial charge in [0.15, 0.2) is 5.78 Å². The Morgan fingerprint density at radius 1 is 0.958 bits per heavy atom. The molecule has 2 aromatic carbocycles. The van der Waals surface area contributed by atoms with E-state index in [1.54, 1.807) is 0 Å². The van der Waals surface area contributed by atoms with Gasteiger partial charge in [0.1, 0.15) is 17.5 Å². The summed E-state index contributed by atoms with van der Waals surface area (Å²) < 4.78 is 39.9. The van der Waals surface area contributed by atoms with Crippen LogP contribution >= 0.6 is 0 Å². The molecule has 0 spiro atoms. The Labute approximate surface area is 136 Å². The fraction of sp³-hybridized carbons (Fsp3) is 0.222. The molecule has 24 heavy (non-hydrogen) atoms. The minimum Gasteiger partial charge on any atom is -0.338 e. The fourth-order valence-corrected chi connectivity index (χ4v) is 2.84. The number of benzene rings is 2. The van der Waals surface area contributed by atoms with Gasteiger partial charge in [0.25, 0.3) is 5.91 Å². The lowest BCUT2D eigenvalue weighted by Gasteiger charge is -2.17. The number of ketones is 1. The summed E-state index contributed by atoms with van der Waals surface area (Å²) in [6.45, 7) is 0.414. The van der Waals surface area contributed by atoms with Crippen molar-refractivity contribution < 1.29 is 22.8 Å². The Balaban J connectivity index is 1.73. The first-order chi connectivity index (χ1) is 11.5. The first-order valence-electron chi connectivity index (χ1n) is 7.50. The van der Waals surface area contributed by atoms with Crippen LogP contribution in [-0.2, 0) is 0 Å². The summed E-state index contributed by atoms with van der Waals surface area (Å²) in [6, 6.07) is 7.90. The molecule has 1 saturated heterocycles. The highest BCUT2D eigenvalue weighted by atomic mass is 19.1. The van der Waals surface area contributed by atoms with Crippen molar-refractivity contribution in [1.29, 1.82) is 0 Å². The fourth-order valence-electron chi connectivity index (χ4n) is 2.84. The van der Waals surface area contributed by atoms with Crippen LogP contribution < -0.4 is 0 Å². The van der Waals surface area contributed by atoms with Crippen LogP contribution in [-0.4, -0.2) is 29.7 Å². The Hall–Kier alpha value is -2.63. The molecule has 1 fully saturated rings. The molecule has 0 aliphatic carbocycles. The first kappa shape index (κ1) is 16.2. The zero-order valence-corrected chi connectivity index (χ0v) is 12.6. The number of rotatable bonds is 3. The summed E-state index contributed by atoms with van der Waals surface area (Å²) in [6.07, 6.45) is 0.429. The minimum atomic E-state index is -0.797. The third kappa shape index (κ3) is 3.18. The number of amides is 1. The third-order valence-electron chi connectivity index (χ3n) is 4.13. The molecular weight excluding hydrogens is 319 g/mol. The summed E-state index contributed by atoms with van der Waals surface area (Å²) in [4.78, 5) is 26.1. The lowest BCUT2D eigenvalue weighted by atomic mass is 9.97. The van der Waals surface area contributed by atoms with Gasteiger partial charge in [-0.2, -0.15) is 0 Å². The zero-order valence-electron chi connectivity index (χ0n) is 12.6. The molecule has 1 heterocycles. The normalized spacial score (nSPS) is 17.1. The van der Waals surface area contributed by atoms with Crippen LogP contribution in [0.3, 0.4) is 0 Å². The van der Waals surface area contributed by atoms with Gasteiger partial charge in [0.05, 0.1) is 5.56 Å². The standard InChI is InChI=1S/C18H14F3NO2/c19-13-3-1-11(2-4-13)17(23)12-7-8-22(10-12)18(24)15-9-14(20)5-6-16(15)21/h1-6,9,12H,7-8,10H2. The maximum atomic E-state index is 13.7.